The summed E-state index contributed by atoms with van der Waals surface area (Å²) in [5, 5.41) is 0.518. The molecule has 0 amide bonds. The number of fused-ring (bicyclic) bond motifs is 1. The summed E-state index contributed by atoms with van der Waals surface area (Å²) in [6.07, 6.45) is 0. The Balaban J connectivity index is 1.43. The Bertz CT molecular complexity index is 1450. The number of nitrogens with one attached hydrogen (secondary N) is 1. The number of nitrogens with two attached hydrogens (primary N) is 1. The molecule has 3 N–H and O–H groups in total. The highest BCUT2D eigenvalue weighted by Crippen LogP contribution is 2.25. The van der Waals surface area contributed by atoms with Crippen molar-refractivity contribution in [3.05, 3.63) is 101 Å². The monoisotopic (exact) mass is 421 g/mol. The molecule has 7 heteroatoms. The van der Waals surface area contributed by atoms with E-state index < -0.39 is 0 Å². The first kappa shape index (κ1) is 19.4. The van der Waals surface area contributed by atoms with Crippen LogP contribution >= 0.6 is 0 Å². The molecule has 7 nitrogen and oxygen atoms in total. The quantitative estimate of drug-likeness (QED) is 0.440. The van der Waals surface area contributed by atoms with E-state index >= 15 is 0 Å². The van der Waals surface area contributed by atoms with Gasteiger partial charge in [0, 0.05) is 5.56 Å². The Morgan fingerprint density at radius 3 is 2.34 bits per heavy atom. The Morgan fingerprint density at radius 1 is 0.812 bits per heavy atom. The molecule has 2 aromatic heterocycles. The van der Waals surface area contributed by atoms with E-state index in [1.807, 2.05) is 60.7 Å². The van der Waals surface area contributed by atoms with Gasteiger partial charge in [-0.2, -0.15) is 0 Å². The number of hydrogen-bond acceptors (Lipinski definition) is 6. The SMILES string of the molecule is Nc1nc(-c2ccc(OCc3ccccc3)cc2)cc(-c2nc3ccccc3c(=O)[nH]2)n1. The number of para-hydroxylation sites is 1. The van der Waals surface area contributed by atoms with E-state index in [0.29, 0.717) is 34.7 Å². The predicted molar refractivity (Wildman–Crippen MR) is 124 cm³/mol. The molecule has 0 unspecified atom stereocenters. The van der Waals surface area contributed by atoms with Crippen LogP contribution in [0.25, 0.3) is 33.7 Å². The van der Waals surface area contributed by atoms with Crippen molar-refractivity contribution in [2.45, 2.75) is 6.61 Å². The van der Waals surface area contributed by atoms with Crippen LogP contribution in [0.5, 0.6) is 5.75 Å². The van der Waals surface area contributed by atoms with Gasteiger partial charge in [0.1, 0.15) is 18.1 Å². The molecule has 32 heavy (non-hydrogen) atoms. The minimum atomic E-state index is -0.232. The minimum absolute atomic E-state index is 0.0951. The molecule has 5 rings (SSSR count). The maximum Gasteiger partial charge on any atom is 0.259 e. The summed E-state index contributed by atoms with van der Waals surface area (Å²) in [7, 11) is 0. The van der Waals surface area contributed by atoms with Gasteiger partial charge in [-0.05, 0) is 48.0 Å². The largest absolute Gasteiger partial charge is 0.489 e. The van der Waals surface area contributed by atoms with Crippen molar-refractivity contribution in [2.75, 3.05) is 5.73 Å². The lowest BCUT2D eigenvalue weighted by Crippen LogP contribution is -2.10. The van der Waals surface area contributed by atoms with Crippen LogP contribution in [-0.4, -0.2) is 19.9 Å². The molecule has 0 bridgehead atoms. The number of ether oxygens (including phenoxy) is 1. The second-order valence-electron chi connectivity index (χ2n) is 7.23. The van der Waals surface area contributed by atoms with Gasteiger partial charge >= 0.3 is 0 Å². The van der Waals surface area contributed by atoms with Gasteiger partial charge in [-0.1, -0.05) is 42.5 Å². The molecular formula is C25H19N5O2. The number of hydrogen-bond donors (Lipinski definition) is 2. The zero-order valence-electron chi connectivity index (χ0n) is 17.0. The second-order valence-corrected chi connectivity index (χ2v) is 7.23. The van der Waals surface area contributed by atoms with Gasteiger partial charge in [0.25, 0.3) is 5.56 Å². The van der Waals surface area contributed by atoms with Gasteiger partial charge in [-0.15, -0.1) is 0 Å². The van der Waals surface area contributed by atoms with E-state index in [-0.39, 0.29) is 11.5 Å². The van der Waals surface area contributed by atoms with Crippen LogP contribution in [-0.2, 0) is 6.61 Å². The Morgan fingerprint density at radius 2 is 1.53 bits per heavy atom. The maximum atomic E-state index is 12.4. The zero-order valence-corrected chi connectivity index (χ0v) is 17.0. The zero-order chi connectivity index (χ0) is 21.9. The van der Waals surface area contributed by atoms with Gasteiger partial charge in [-0.3, -0.25) is 4.79 Å². The van der Waals surface area contributed by atoms with E-state index in [9.17, 15) is 4.79 Å². The Labute approximate surface area is 183 Å². The summed E-state index contributed by atoms with van der Waals surface area (Å²) in [6.45, 7) is 0.492. The number of benzene rings is 3. The molecule has 0 atom stereocenters. The van der Waals surface area contributed by atoms with E-state index in [2.05, 4.69) is 19.9 Å². The summed E-state index contributed by atoms with van der Waals surface area (Å²) in [5.74, 6) is 1.19. The van der Waals surface area contributed by atoms with Crippen molar-refractivity contribution in [2.24, 2.45) is 0 Å². The van der Waals surface area contributed by atoms with Crippen molar-refractivity contribution in [3.63, 3.8) is 0 Å². The molecule has 0 spiro atoms. The van der Waals surface area contributed by atoms with E-state index in [0.717, 1.165) is 16.9 Å². The predicted octanol–water partition coefficient (Wildman–Crippen LogP) is 4.21. The third-order valence-corrected chi connectivity index (χ3v) is 5.00. The first-order chi connectivity index (χ1) is 15.7. The third kappa shape index (κ3) is 4.04. The summed E-state index contributed by atoms with van der Waals surface area (Å²) >= 11 is 0. The number of nitrogens with zero attached hydrogens (tertiary/aromatic N) is 3. The number of nitrogen functional groups attached to an aromatic ring is 1. The summed E-state index contributed by atoms with van der Waals surface area (Å²) in [5.41, 5.74) is 9.32. The van der Waals surface area contributed by atoms with Crippen LogP contribution < -0.4 is 16.0 Å². The standard InChI is InChI=1S/C25H19N5O2/c26-25-28-21(17-10-12-18(13-11-17)32-15-16-6-2-1-3-7-16)14-22(29-25)23-27-20-9-5-4-8-19(20)24(31)30-23/h1-14H,15H2,(H2,26,28,29)(H,27,30,31). The van der Waals surface area contributed by atoms with Crippen molar-refractivity contribution < 1.29 is 4.74 Å². The van der Waals surface area contributed by atoms with Crippen molar-refractivity contribution >= 4 is 16.9 Å². The van der Waals surface area contributed by atoms with Crippen molar-refractivity contribution in [1.29, 1.82) is 0 Å². The Kier molecular flexibility index (Phi) is 5.05. The lowest BCUT2D eigenvalue weighted by Gasteiger charge is -2.09. The maximum absolute atomic E-state index is 12.4. The first-order valence-electron chi connectivity index (χ1n) is 10.1. The number of aromatic amines is 1. The molecule has 5 aromatic rings. The fraction of sp³-hybridized carbons (Fsp3) is 0.0400. The molecule has 0 aliphatic heterocycles. The van der Waals surface area contributed by atoms with Crippen molar-refractivity contribution in [3.8, 4) is 28.5 Å². The van der Waals surface area contributed by atoms with Gasteiger partial charge in [0.05, 0.1) is 16.6 Å². The number of rotatable bonds is 5. The molecule has 0 radical (unpaired) electrons. The third-order valence-electron chi connectivity index (χ3n) is 5.00. The van der Waals surface area contributed by atoms with Gasteiger partial charge in [0.2, 0.25) is 5.95 Å². The summed E-state index contributed by atoms with van der Waals surface area (Å²) in [4.78, 5) is 28.4. The summed E-state index contributed by atoms with van der Waals surface area (Å²) < 4.78 is 5.85. The van der Waals surface area contributed by atoms with Crippen LogP contribution in [0.1, 0.15) is 5.56 Å². The first-order valence-corrected chi connectivity index (χ1v) is 10.1. The smallest absolute Gasteiger partial charge is 0.259 e. The van der Waals surface area contributed by atoms with Crippen LogP contribution in [0.15, 0.2) is 89.7 Å². The van der Waals surface area contributed by atoms with Crippen molar-refractivity contribution in [1.82, 2.24) is 19.9 Å². The molecular weight excluding hydrogens is 402 g/mol. The van der Waals surface area contributed by atoms with Gasteiger partial charge in [0.15, 0.2) is 5.82 Å². The van der Waals surface area contributed by atoms with Crippen LogP contribution in [0, 0.1) is 0 Å². The molecule has 0 saturated carbocycles. The molecule has 0 fully saturated rings. The lowest BCUT2D eigenvalue weighted by molar-refractivity contribution is 0.306. The van der Waals surface area contributed by atoms with E-state index in [1.54, 1.807) is 24.3 Å². The van der Waals surface area contributed by atoms with Gasteiger partial charge < -0.3 is 15.5 Å². The highest BCUT2D eigenvalue weighted by Gasteiger charge is 2.11. The normalized spacial score (nSPS) is 10.9. The lowest BCUT2D eigenvalue weighted by atomic mass is 10.1. The highest BCUT2D eigenvalue weighted by molar-refractivity contribution is 5.79. The molecule has 156 valence electrons. The fourth-order valence-corrected chi connectivity index (χ4v) is 3.41. The topological polar surface area (TPSA) is 107 Å². The minimum Gasteiger partial charge on any atom is -0.489 e. The summed E-state index contributed by atoms with van der Waals surface area (Å²) in [6, 6.07) is 26.4. The molecule has 0 aliphatic rings. The van der Waals surface area contributed by atoms with E-state index in [4.69, 9.17) is 10.5 Å². The fourth-order valence-electron chi connectivity index (χ4n) is 3.41. The average Bonchev–Trinajstić information content (AvgIpc) is 2.83. The van der Waals surface area contributed by atoms with Crippen LogP contribution in [0.4, 0.5) is 5.95 Å². The molecule has 2 heterocycles. The van der Waals surface area contributed by atoms with E-state index in [1.165, 1.54) is 0 Å². The molecule has 0 saturated heterocycles. The van der Waals surface area contributed by atoms with Crippen LogP contribution in [0.3, 0.4) is 0 Å². The van der Waals surface area contributed by atoms with Crippen LogP contribution in [0.2, 0.25) is 0 Å². The molecule has 3 aromatic carbocycles. The Hall–Kier alpha value is -4.52. The second kappa shape index (κ2) is 8.31. The van der Waals surface area contributed by atoms with Gasteiger partial charge in [-0.25, -0.2) is 15.0 Å². The number of anilines is 1. The molecule has 0 aliphatic carbocycles. The highest BCUT2D eigenvalue weighted by atomic mass is 16.5. The number of H-pyrrole nitrogens is 1. The number of aromatic nitrogens is 4. The average molecular weight is 421 g/mol.